The van der Waals surface area contributed by atoms with Crippen LogP contribution in [0.2, 0.25) is 0 Å². The summed E-state index contributed by atoms with van der Waals surface area (Å²) in [7, 11) is 1.94. The van der Waals surface area contributed by atoms with Gasteiger partial charge in [0.15, 0.2) is 0 Å². The van der Waals surface area contributed by atoms with Crippen molar-refractivity contribution in [3.63, 3.8) is 0 Å². The molecule has 1 aliphatic heterocycles. The lowest BCUT2D eigenvalue weighted by Crippen LogP contribution is -2.55. The molecule has 1 rings (SSSR count). The van der Waals surface area contributed by atoms with Gasteiger partial charge in [-0.1, -0.05) is 0 Å². The zero-order chi connectivity index (χ0) is 14.7. The number of ether oxygens (including phenoxy) is 1. The normalized spacial score (nSPS) is 27.8. The van der Waals surface area contributed by atoms with E-state index in [1.165, 1.54) is 0 Å². The van der Waals surface area contributed by atoms with Crippen LogP contribution in [-0.4, -0.2) is 49.0 Å². The van der Waals surface area contributed by atoms with E-state index >= 15 is 0 Å². The van der Waals surface area contributed by atoms with Crippen molar-refractivity contribution in [1.29, 1.82) is 0 Å². The molecule has 19 heavy (non-hydrogen) atoms. The van der Waals surface area contributed by atoms with E-state index in [0.717, 1.165) is 6.42 Å². The van der Waals surface area contributed by atoms with Gasteiger partial charge in [0, 0.05) is 31.2 Å². The highest BCUT2D eigenvalue weighted by Gasteiger charge is 2.38. The lowest BCUT2D eigenvalue weighted by Gasteiger charge is -2.43. The zero-order valence-corrected chi connectivity index (χ0v) is 12.0. The quantitative estimate of drug-likeness (QED) is 0.813. The second kappa shape index (κ2) is 6.41. The molecule has 0 bridgehead atoms. The highest BCUT2D eigenvalue weighted by atomic mass is 19.4. The molecule has 1 saturated heterocycles. The van der Waals surface area contributed by atoms with E-state index in [1.54, 1.807) is 0 Å². The van der Waals surface area contributed by atoms with Crippen molar-refractivity contribution in [2.24, 2.45) is 5.73 Å². The number of hydrogen-bond donors (Lipinski definition) is 1. The van der Waals surface area contributed by atoms with Gasteiger partial charge in [-0.3, -0.25) is 4.90 Å². The van der Waals surface area contributed by atoms with Crippen LogP contribution < -0.4 is 5.73 Å². The highest BCUT2D eigenvalue weighted by molar-refractivity contribution is 4.93. The maximum atomic E-state index is 12.2. The Morgan fingerprint density at radius 1 is 1.32 bits per heavy atom. The van der Waals surface area contributed by atoms with Gasteiger partial charge in [0.25, 0.3) is 0 Å². The number of likely N-dealkylation sites (N-methyl/N-ethyl adjacent to an activating group) is 1. The van der Waals surface area contributed by atoms with Crippen molar-refractivity contribution in [3.8, 4) is 0 Å². The lowest BCUT2D eigenvalue weighted by atomic mass is 9.90. The average Bonchev–Trinajstić information content (AvgIpc) is 2.72. The summed E-state index contributed by atoms with van der Waals surface area (Å²) in [6, 6.07) is 0.236. The van der Waals surface area contributed by atoms with Crippen LogP contribution in [0.15, 0.2) is 0 Å². The molecule has 3 atom stereocenters. The summed E-state index contributed by atoms with van der Waals surface area (Å²) < 4.78 is 42.2. The smallest absolute Gasteiger partial charge is 0.377 e. The SMILES string of the molecule is CC1OCCC1N(C)C(C)(CN)CCCC(F)(F)F. The summed E-state index contributed by atoms with van der Waals surface area (Å²) in [4.78, 5) is 2.11. The molecule has 0 amide bonds. The van der Waals surface area contributed by atoms with Gasteiger partial charge in [-0.05, 0) is 40.2 Å². The first-order valence-corrected chi connectivity index (χ1v) is 6.81. The van der Waals surface area contributed by atoms with Gasteiger partial charge in [-0.2, -0.15) is 13.2 Å². The Labute approximate surface area is 113 Å². The molecule has 3 unspecified atom stereocenters. The molecule has 0 spiro atoms. The maximum Gasteiger partial charge on any atom is 0.389 e. The van der Waals surface area contributed by atoms with Crippen molar-refractivity contribution in [2.45, 2.75) is 63.4 Å². The molecular weight excluding hydrogens is 257 g/mol. The topological polar surface area (TPSA) is 38.5 Å². The van der Waals surface area contributed by atoms with E-state index in [9.17, 15) is 13.2 Å². The zero-order valence-electron chi connectivity index (χ0n) is 12.0. The van der Waals surface area contributed by atoms with Crippen LogP contribution >= 0.6 is 0 Å². The Morgan fingerprint density at radius 3 is 2.37 bits per heavy atom. The second-order valence-corrected chi connectivity index (χ2v) is 5.71. The van der Waals surface area contributed by atoms with Gasteiger partial charge >= 0.3 is 6.18 Å². The van der Waals surface area contributed by atoms with Gasteiger partial charge in [-0.15, -0.1) is 0 Å². The molecule has 0 aliphatic carbocycles. The number of nitrogens with zero attached hydrogens (tertiary/aromatic N) is 1. The molecule has 1 fully saturated rings. The molecule has 6 heteroatoms. The summed E-state index contributed by atoms with van der Waals surface area (Å²) in [5.74, 6) is 0. The molecule has 0 aromatic carbocycles. The van der Waals surface area contributed by atoms with Crippen LogP contribution in [0.3, 0.4) is 0 Å². The Balaban J connectivity index is 2.57. The maximum absolute atomic E-state index is 12.2. The Hall–Kier alpha value is -0.330. The van der Waals surface area contributed by atoms with Crippen molar-refractivity contribution >= 4 is 0 Å². The van der Waals surface area contributed by atoms with Crippen molar-refractivity contribution in [1.82, 2.24) is 4.90 Å². The second-order valence-electron chi connectivity index (χ2n) is 5.71. The van der Waals surface area contributed by atoms with Gasteiger partial charge in [-0.25, -0.2) is 0 Å². The van der Waals surface area contributed by atoms with Crippen molar-refractivity contribution < 1.29 is 17.9 Å². The average molecular weight is 282 g/mol. The van der Waals surface area contributed by atoms with E-state index in [1.807, 2.05) is 20.9 Å². The minimum absolute atomic E-state index is 0.110. The van der Waals surface area contributed by atoms with E-state index < -0.39 is 18.1 Å². The molecule has 114 valence electrons. The summed E-state index contributed by atoms with van der Waals surface area (Å²) in [5, 5.41) is 0. The monoisotopic (exact) mass is 282 g/mol. The van der Waals surface area contributed by atoms with E-state index in [4.69, 9.17) is 10.5 Å². The van der Waals surface area contributed by atoms with Crippen LogP contribution in [-0.2, 0) is 4.74 Å². The van der Waals surface area contributed by atoms with E-state index in [0.29, 0.717) is 19.6 Å². The fourth-order valence-corrected chi connectivity index (χ4v) is 2.72. The standard InChI is InChI=1S/C13H25F3N2O/c1-10-11(5-8-19-10)18(3)12(2,9-17)6-4-7-13(14,15)16/h10-11H,4-9,17H2,1-3H3. The van der Waals surface area contributed by atoms with Crippen LogP contribution in [0.5, 0.6) is 0 Å². The number of rotatable bonds is 6. The fourth-order valence-electron chi connectivity index (χ4n) is 2.72. The first-order valence-electron chi connectivity index (χ1n) is 6.81. The van der Waals surface area contributed by atoms with Gasteiger partial charge < -0.3 is 10.5 Å². The largest absolute Gasteiger partial charge is 0.389 e. The summed E-state index contributed by atoms with van der Waals surface area (Å²) in [5.41, 5.74) is 5.40. The third-order valence-corrected chi connectivity index (χ3v) is 4.30. The van der Waals surface area contributed by atoms with Gasteiger partial charge in [0.2, 0.25) is 0 Å². The van der Waals surface area contributed by atoms with Crippen LogP contribution in [0.25, 0.3) is 0 Å². The van der Waals surface area contributed by atoms with Gasteiger partial charge in [0.05, 0.1) is 6.10 Å². The molecule has 0 aromatic rings. The summed E-state index contributed by atoms with van der Waals surface area (Å²) in [6.07, 6.45) is -3.25. The minimum atomic E-state index is -4.09. The lowest BCUT2D eigenvalue weighted by molar-refractivity contribution is -0.137. The molecule has 2 N–H and O–H groups in total. The molecule has 0 radical (unpaired) electrons. The molecule has 1 aliphatic rings. The van der Waals surface area contributed by atoms with Gasteiger partial charge in [0.1, 0.15) is 0 Å². The number of hydrogen-bond acceptors (Lipinski definition) is 3. The minimum Gasteiger partial charge on any atom is -0.377 e. The van der Waals surface area contributed by atoms with Crippen LogP contribution in [0, 0.1) is 0 Å². The van der Waals surface area contributed by atoms with Crippen LogP contribution in [0.1, 0.15) is 39.5 Å². The van der Waals surface area contributed by atoms with E-state index in [2.05, 4.69) is 4.90 Å². The Kier molecular flexibility index (Phi) is 5.65. The third-order valence-electron chi connectivity index (χ3n) is 4.30. The molecule has 0 aromatic heterocycles. The first-order chi connectivity index (χ1) is 8.69. The van der Waals surface area contributed by atoms with Crippen molar-refractivity contribution in [3.05, 3.63) is 0 Å². The van der Waals surface area contributed by atoms with Crippen molar-refractivity contribution in [2.75, 3.05) is 20.2 Å². The third kappa shape index (κ3) is 4.61. The predicted octanol–water partition coefficient (Wildman–Crippen LogP) is 2.55. The van der Waals surface area contributed by atoms with Crippen LogP contribution in [0.4, 0.5) is 13.2 Å². The summed E-state index contributed by atoms with van der Waals surface area (Å²) >= 11 is 0. The summed E-state index contributed by atoms with van der Waals surface area (Å²) in [6.45, 7) is 5.00. The highest BCUT2D eigenvalue weighted by Crippen LogP contribution is 2.30. The first kappa shape index (κ1) is 16.7. The van der Waals surface area contributed by atoms with E-state index in [-0.39, 0.29) is 18.6 Å². The molecule has 0 saturated carbocycles. The fraction of sp³-hybridized carbons (Fsp3) is 1.00. The number of halogens is 3. The number of nitrogens with two attached hydrogens (primary N) is 1. The Morgan fingerprint density at radius 2 is 1.95 bits per heavy atom. The molecule has 3 nitrogen and oxygen atoms in total. The predicted molar refractivity (Wildman–Crippen MR) is 68.9 cm³/mol. The molecular formula is C13H25F3N2O. The molecule has 1 heterocycles. The Bertz CT molecular complexity index is 286. The number of alkyl halides is 3.